The fourth-order valence-electron chi connectivity index (χ4n) is 1.63. The zero-order valence-electron chi connectivity index (χ0n) is 11.1. The molecule has 0 saturated carbocycles. The number of aryl methyl sites for hydroxylation is 1. The fourth-order valence-corrected chi connectivity index (χ4v) is 1.63. The largest absolute Gasteiger partial charge is 0.395 e. The molecule has 3 N–H and O–H groups in total. The molecule has 5 heteroatoms. The highest BCUT2D eigenvalue weighted by atomic mass is 16.2. The summed E-state index contributed by atoms with van der Waals surface area (Å²) < 4.78 is 0. The molecule has 1 aromatic heterocycles. The molecule has 0 aliphatic carbocycles. The number of aromatic amines is 1. The molecule has 0 aromatic carbocycles. The lowest BCUT2D eigenvalue weighted by atomic mass is 10.1. The van der Waals surface area contributed by atoms with Gasteiger partial charge in [-0.15, -0.1) is 0 Å². The van der Waals surface area contributed by atoms with Crippen LogP contribution in [0.2, 0.25) is 0 Å². The van der Waals surface area contributed by atoms with Gasteiger partial charge in [0.15, 0.2) is 5.69 Å². The van der Waals surface area contributed by atoms with E-state index in [1.807, 2.05) is 13.8 Å². The normalized spacial score (nSPS) is 12.5. The summed E-state index contributed by atoms with van der Waals surface area (Å²) in [4.78, 5) is 13.8. The Morgan fingerprint density at radius 1 is 1.53 bits per heavy atom. The van der Waals surface area contributed by atoms with E-state index >= 15 is 0 Å². The van der Waals surface area contributed by atoms with E-state index < -0.39 is 0 Å². The van der Waals surface area contributed by atoms with Crippen molar-refractivity contribution >= 4 is 11.6 Å². The Morgan fingerprint density at radius 2 is 2.18 bits per heavy atom. The number of amides is 1. The molecular weight excluding hydrogens is 216 g/mol. The Balaban J connectivity index is 2.89. The first kappa shape index (κ1) is 13.5. The van der Waals surface area contributed by atoms with Crippen LogP contribution in [0.4, 0.5) is 5.69 Å². The Hall–Kier alpha value is -1.52. The van der Waals surface area contributed by atoms with Crippen molar-refractivity contribution in [2.45, 2.75) is 46.1 Å². The van der Waals surface area contributed by atoms with Gasteiger partial charge in [0.25, 0.3) is 5.91 Å². The zero-order valence-corrected chi connectivity index (χ0v) is 11.1. The Labute approximate surface area is 102 Å². The third-order valence-corrected chi connectivity index (χ3v) is 3.16. The third kappa shape index (κ3) is 2.78. The molecule has 1 amide bonds. The number of rotatable bonds is 5. The highest BCUT2D eigenvalue weighted by Gasteiger charge is 2.22. The molecule has 17 heavy (non-hydrogen) atoms. The summed E-state index contributed by atoms with van der Waals surface area (Å²) in [5, 5.41) is 6.88. The maximum Gasteiger partial charge on any atom is 0.276 e. The number of hydrogen-bond acceptors (Lipinski definition) is 3. The molecule has 1 rings (SSSR count). The number of carbonyl (C=O) groups is 1. The summed E-state index contributed by atoms with van der Waals surface area (Å²) in [7, 11) is 1.78. The van der Waals surface area contributed by atoms with Gasteiger partial charge in [-0.3, -0.25) is 9.89 Å². The maximum atomic E-state index is 12.1. The van der Waals surface area contributed by atoms with Crippen molar-refractivity contribution in [3.63, 3.8) is 0 Å². The monoisotopic (exact) mass is 238 g/mol. The molecule has 1 aromatic rings. The molecule has 5 nitrogen and oxygen atoms in total. The lowest BCUT2D eigenvalue weighted by Crippen LogP contribution is -2.35. The van der Waals surface area contributed by atoms with Gasteiger partial charge in [0, 0.05) is 13.1 Å². The predicted molar refractivity (Wildman–Crippen MR) is 68.8 cm³/mol. The standard InChI is InChI=1S/C12H22N4O/c1-5-7-9-10(13)11(15-14-9)12(17)16(4)8(3)6-2/h8H,5-7,13H2,1-4H3,(H,14,15). The molecule has 0 spiro atoms. The van der Waals surface area contributed by atoms with E-state index in [9.17, 15) is 4.79 Å². The number of carbonyl (C=O) groups excluding carboxylic acids is 1. The molecule has 1 unspecified atom stereocenters. The van der Waals surface area contributed by atoms with Crippen LogP contribution in [-0.4, -0.2) is 34.1 Å². The van der Waals surface area contributed by atoms with E-state index in [1.165, 1.54) is 0 Å². The lowest BCUT2D eigenvalue weighted by molar-refractivity contribution is 0.0735. The molecule has 0 radical (unpaired) electrons. The Morgan fingerprint density at radius 3 is 2.71 bits per heavy atom. The molecule has 1 atom stereocenters. The molecule has 96 valence electrons. The van der Waals surface area contributed by atoms with Crippen molar-refractivity contribution in [3.8, 4) is 0 Å². The number of H-pyrrole nitrogens is 1. The first-order valence-corrected chi connectivity index (χ1v) is 6.12. The Bertz CT molecular complexity index is 386. The van der Waals surface area contributed by atoms with Crippen LogP contribution in [0.25, 0.3) is 0 Å². The summed E-state index contributed by atoms with van der Waals surface area (Å²) in [6.45, 7) is 6.12. The number of aromatic nitrogens is 2. The summed E-state index contributed by atoms with van der Waals surface area (Å²) >= 11 is 0. The van der Waals surface area contributed by atoms with Crippen molar-refractivity contribution in [2.24, 2.45) is 0 Å². The van der Waals surface area contributed by atoms with E-state index in [1.54, 1.807) is 11.9 Å². The minimum Gasteiger partial charge on any atom is -0.395 e. The summed E-state index contributed by atoms with van der Waals surface area (Å²) in [6, 6.07) is 0.188. The summed E-state index contributed by atoms with van der Waals surface area (Å²) in [5.74, 6) is -0.115. The predicted octanol–water partition coefficient (Wildman–Crippen LogP) is 1.81. The zero-order chi connectivity index (χ0) is 13.0. The van der Waals surface area contributed by atoms with E-state index in [0.717, 1.165) is 25.0 Å². The SMILES string of the molecule is CCCc1[nH]nc(C(=O)N(C)C(C)CC)c1N. The average molecular weight is 238 g/mol. The number of nitrogen functional groups attached to an aromatic ring is 1. The topological polar surface area (TPSA) is 75.0 Å². The van der Waals surface area contributed by atoms with Gasteiger partial charge in [0.2, 0.25) is 0 Å². The lowest BCUT2D eigenvalue weighted by Gasteiger charge is -2.22. The highest BCUT2D eigenvalue weighted by molar-refractivity contribution is 5.97. The van der Waals surface area contributed by atoms with Crippen LogP contribution in [0.1, 0.15) is 49.8 Å². The third-order valence-electron chi connectivity index (χ3n) is 3.16. The first-order valence-electron chi connectivity index (χ1n) is 6.12. The molecule has 0 bridgehead atoms. The maximum absolute atomic E-state index is 12.1. The number of nitrogens with one attached hydrogen (secondary N) is 1. The number of anilines is 1. The molecule has 0 aliphatic rings. The van der Waals surface area contributed by atoms with Crippen molar-refractivity contribution in [1.82, 2.24) is 15.1 Å². The second-order valence-electron chi connectivity index (χ2n) is 4.39. The van der Waals surface area contributed by atoms with Crippen LogP contribution in [0.15, 0.2) is 0 Å². The quantitative estimate of drug-likeness (QED) is 0.821. The van der Waals surface area contributed by atoms with Crippen molar-refractivity contribution < 1.29 is 4.79 Å². The van der Waals surface area contributed by atoms with Gasteiger partial charge in [-0.2, -0.15) is 5.10 Å². The smallest absolute Gasteiger partial charge is 0.276 e. The Kier molecular flexibility index (Phi) is 4.54. The summed E-state index contributed by atoms with van der Waals surface area (Å²) in [5.41, 5.74) is 7.62. The van der Waals surface area contributed by atoms with Crippen LogP contribution in [0.3, 0.4) is 0 Å². The molecule has 0 fully saturated rings. The van der Waals surface area contributed by atoms with E-state index in [0.29, 0.717) is 11.4 Å². The number of hydrogen-bond donors (Lipinski definition) is 2. The summed E-state index contributed by atoms with van der Waals surface area (Å²) in [6.07, 6.45) is 2.70. The van der Waals surface area contributed by atoms with Crippen molar-refractivity contribution in [3.05, 3.63) is 11.4 Å². The van der Waals surface area contributed by atoms with Gasteiger partial charge in [-0.1, -0.05) is 20.3 Å². The molecular formula is C12H22N4O. The van der Waals surface area contributed by atoms with Crippen LogP contribution >= 0.6 is 0 Å². The number of nitrogens with zero attached hydrogens (tertiary/aromatic N) is 2. The first-order chi connectivity index (χ1) is 8.02. The van der Waals surface area contributed by atoms with Crippen molar-refractivity contribution in [2.75, 3.05) is 12.8 Å². The molecule has 1 heterocycles. The van der Waals surface area contributed by atoms with Gasteiger partial charge in [-0.25, -0.2) is 0 Å². The fraction of sp³-hybridized carbons (Fsp3) is 0.667. The van der Waals surface area contributed by atoms with Gasteiger partial charge in [0.05, 0.1) is 11.4 Å². The second-order valence-corrected chi connectivity index (χ2v) is 4.39. The minimum atomic E-state index is -0.115. The van der Waals surface area contributed by atoms with E-state index in [-0.39, 0.29) is 11.9 Å². The van der Waals surface area contributed by atoms with Crippen molar-refractivity contribution in [1.29, 1.82) is 0 Å². The second kappa shape index (κ2) is 5.70. The van der Waals surface area contributed by atoms with Gasteiger partial charge in [-0.05, 0) is 19.8 Å². The molecule has 0 saturated heterocycles. The minimum absolute atomic E-state index is 0.115. The van der Waals surface area contributed by atoms with Gasteiger partial charge in [0.1, 0.15) is 0 Å². The van der Waals surface area contributed by atoms with Gasteiger partial charge >= 0.3 is 0 Å². The average Bonchev–Trinajstić information content (AvgIpc) is 2.69. The van der Waals surface area contributed by atoms with Crippen LogP contribution in [0, 0.1) is 0 Å². The van der Waals surface area contributed by atoms with Crippen LogP contribution in [-0.2, 0) is 6.42 Å². The van der Waals surface area contributed by atoms with Crippen LogP contribution < -0.4 is 5.73 Å². The van der Waals surface area contributed by atoms with E-state index in [4.69, 9.17) is 5.73 Å². The number of nitrogens with two attached hydrogens (primary N) is 1. The van der Waals surface area contributed by atoms with E-state index in [2.05, 4.69) is 17.1 Å². The van der Waals surface area contributed by atoms with Gasteiger partial charge < -0.3 is 10.6 Å². The van der Waals surface area contributed by atoms with Crippen LogP contribution in [0.5, 0.6) is 0 Å². The highest BCUT2D eigenvalue weighted by Crippen LogP contribution is 2.18. The molecule has 0 aliphatic heterocycles.